The fourth-order valence-corrected chi connectivity index (χ4v) is 2.42. The van der Waals surface area contributed by atoms with Gasteiger partial charge in [-0.1, -0.05) is 52.7 Å². The van der Waals surface area contributed by atoms with Gasteiger partial charge in [-0.2, -0.15) is 0 Å². The average molecular weight is 338 g/mol. The van der Waals surface area contributed by atoms with Crippen LogP contribution in [-0.2, 0) is 6.42 Å². The summed E-state index contributed by atoms with van der Waals surface area (Å²) in [7, 11) is 0. The Hall–Kier alpha value is -2.09. The number of hydrogen-bond donors (Lipinski definition) is 0. The van der Waals surface area contributed by atoms with Crippen LogP contribution in [0.15, 0.2) is 53.5 Å². The van der Waals surface area contributed by atoms with Crippen molar-refractivity contribution in [3.63, 3.8) is 0 Å². The molecule has 0 bridgehead atoms. The van der Waals surface area contributed by atoms with Crippen molar-refractivity contribution in [2.45, 2.75) is 47.0 Å². The number of hydrogen-bond acceptors (Lipinski definition) is 2. The van der Waals surface area contributed by atoms with E-state index in [-0.39, 0.29) is 0 Å². The van der Waals surface area contributed by atoms with Gasteiger partial charge in [-0.15, -0.1) is 0 Å². The number of ether oxygens (including phenoxy) is 1. The second-order valence-electron chi connectivity index (χ2n) is 7.04. The Morgan fingerprint density at radius 3 is 2.12 bits per heavy atom. The first-order valence-electron chi connectivity index (χ1n) is 9.46. The van der Waals surface area contributed by atoms with Gasteiger partial charge in [-0.3, -0.25) is 4.99 Å². The van der Waals surface area contributed by atoms with E-state index in [9.17, 15) is 0 Å². The zero-order chi connectivity index (χ0) is 18.1. The molecule has 0 radical (unpaired) electrons. The zero-order valence-corrected chi connectivity index (χ0v) is 16.0. The molecule has 2 unspecified atom stereocenters. The Morgan fingerprint density at radius 2 is 1.52 bits per heavy atom. The van der Waals surface area contributed by atoms with Crippen molar-refractivity contribution in [3.8, 4) is 5.75 Å². The minimum absolute atomic E-state index is 0.588. The maximum absolute atomic E-state index is 5.79. The maximum atomic E-state index is 5.79. The highest BCUT2D eigenvalue weighted by Crippen LogP contribution is 2.18. The van der Waals surface area contributed by atoms with Crippen LogP contribution >= 0.6 is 0 Å². The minimum Gasteiger partial charge on any atom is -0.493 e. The molecule has 2 aromatic carbocycles. The van der Waals surface area contributed by atoms with Gasteiger partial charge in [-0.25, -0.2) is 0 Å². The number of rotatable bonds is 9. The predicted octanol–water partition coefficient (Wildman–Crippen LogP) is 6.45. The van der Waals surface area contributed by atoms with Gasteiger partial charge in [0.25, 0.3) is 0 Å². The molecule has 2 nitrogen and oxygen atoms in total. The van der Waals surface area contributed by atoms with Crippen LogP contribution in [0.5, 0.6) is 5.75 Å². The fraction of sp³-hybridized carbons (Fsp3) is 0.435. The van der Waals surface area contributed by atoms with Crippen LogP contribution in [0, 0.1) is 11.8 Å². The Bertz CT molecular complexity index is 643. The van der Waals surface area contributed by atoms with Crippen LogP contribution in [0.2, 0.25) is 0 Å². The van der Waals surface area contributed by atoms with Crippen LogP contribution in [0.4, 0.5) is 5.69 Å². The zero-order valence-electron chi connectivity index (χ0n) is 16.0. The third-order valence-corrected chi connectivity index (χ3v) is 4.69. The van der Waals surface area contributed by atoms with E-state index in [4.69, 9.17) is 4.74 Å². The molecule has 0 aliphatic rings. The Balaban J connectivity index is 1.90. The summed E-state index contributed by atoms with van der Waals surface area (Å²) >= 11 is 0. The Morgan fingerprint density at radius 1 is 0.880 bits per heavy atom. The summed E-state index contributed by atoms with van der Waals surface area (Å²) < 4.78 is 5.79. The summed E-state index contributed by atoms with van der Waals surface area (Å²) in [4.78, 5) is 4.57. The summed E-state index contributed by atoms with van der Waals surface area (Å²) in [5.41, 5.74) is 3.46. The molecule has 0 aliphatic heterocycles. The molecular weight excluding hydrogens is 306 g/mol. The lowest BCUT2D eigenvalue weighted by Crippen LogP contribution is -2.07. The maximum Gasteiger partial charge on any atom is 0.119 e. The average Bonchev–Trinajstić information content (AvgIpc) is 2.66. The monoisotopic (exact) mass is 337 g/mol. The lowest BCUT2D eigenvalue weighted by molar-refractivity contribution is 0.256. The molecule has 0 amide bonds. The Kier molecular flexibility index (Phi) is 7.72. The predicted molar refractivity (Wildman–Crippen MR) is 108 cm³/mol. The van der Waals surface area contributed by atoms with E-state index in [0.29, 0.717) is 5.92 Å². The third kappa shape index (κ3) is 6.74. The summed E-state index contributed by atoms with van der Waals surface area (Å²) in [5, 5.41) is 0. The molecule has 134 valence electrons. The summed E-state index contributed by atoms with van der Waals surface area (Å²) in [6.45, 7) is 9.69. The highest BCUT2D eigenvalue weighted by Gasteiger charge is 2.01. The molecule has 25 heavy (non-hydrogen) atoms. The highest BCUT2D eigenvalue weighted by molar-refractivity contribution is 5.82. The molecule has 2 heteroatoms. The van der Waals surface area contributed by atoms with Gasteiger partial charge in [-0.05, 0) is 65.8 Å². The van der Waals surface area contributed by atoms with Crippen LogP contribution in [0.3, 0.4) is 0 Å². The van der Waals surface area contributed by atoms with E-state index in [1.807, 2.05) is 30.5 Å². The van der Waals surface area contributed by atoms with Crippen LogP contribution < -0.4 is 4.74 Å². The number of benzene rings is 2. The van der Waals surface area contributed by atoms with Gasteiger partial charge in [0.15, 0.2) is 0 Å². The first-order valence-corrected chi connectivity index (χ1v) is 9.46. The van der Waals surface area contributed by atoms with Crippen LogP contribution in [0.1, 0.15) is 51.7 Å². The molecule has 0 N–H and O–H groups in total. The van der Waals surface area contributed by atoms with Crippen molar-refractivity contribution in [2.24, 2.45) is 16.8 Å². The van der Waals surface area contributed by atoms with E-state index in [1.165, 1.54) is 12.0 Å². The van der Waals surface area contributed by atoms with Crippen molar-refractivity contribution in [1.82, 2.24) is 0 Å². The van der Waals surface area contributed by atoms with E-state index < -0.39 is 0 Å². The van der Waals surface area contributed by atoms with Gasteiger partial charge in [0.05, 0.1) is 12.3 Å². The summed E-state index contributed by atoms with van der Waals surface area (Å²) in [5.74, 6) is 2.24. The van der Waals surface area contributed by atoms with E-state index >= 15 is 0 Å². The van der Waals surface area contributed by atoms with Gasteiger partial charge in [0, 0.05) is 6.21 Å². The number of aliphatic imine (C=N–C) groups is 1. The van der Waals surface area contributed by atoms with Crippen molar-refractivity contribution in [1.29, 1.82) is 0 Å². The summed E-state index contributed by atoms with van der Waals surface area (Å²) in [6.07, 6.45) is 5.40. The van der Waals surface area contributed by atoms with Gasteiger partial charge >= 0.3 is 0 Å². The van der Waals surface area contributed by atoms with Crippen molar-refractivity contribution >= 4 is 11.9 Å². The normalized spacial score (nSPS) is 13.8. The van der Waals surface area contributed by atoms with Crippen molar-refractivity contribution in [2.75, 3.05) is 6.61 Å². The van der Waals surface area contributed by atoms with Crippen molar-refractivity contribution in [3.05, 3.63) is 59.7 Å². The Labute approximate surface area is 153 Å². The fourth-order valence-electron chi connectivity index (χ4n) is 2.42. The molecule has 0 aliphatic carbocycles. The standard InChI is InChI=1S/C23H31NO/c1-5-18(3)15-20-7-11-22(12-8-20)24-16-21-9-13-23(14-10-21)25-17-19(4)6-2/h7-14,16,18-19H,5-6,15,17H2,1-4H3/b24-16+. The van der Waals surface area contributed by atoms with E-state index in [0.717, 1.165) is 42.4 Å². The van der Waals surface area contributed by atoms with Gasteiger partial charge < -0.3 is 4.74 Å². The van der Waals surface area contributed by atoms with Crippen LogP contribution in [0.25, 0.3) is 0 Å². The third-order valence-electron chi connectivity index (χ3n) is 4.69. The van der Waals surface area contributed by atoms with Gasteiger partial charge in [0.2, 0.25) is 0 Å². The molecule has 2 aromatic rings. The molecule has 0 fully saturated rings. The summed E-state index contributed by atoms with van der Waals surface area (Å²) in [6, 6.07) is 16.7. The van der Waals surface area contributed by atoms with Crippen molar-refractivity contribution < 1.29 is 4.74 Å². The molecule has 0 heterocycles. The first-order chi connectivity index (χ1) is 12.1. The molecule has 0 saturated heterocycles. The quantitative estimate of drug-likeness (QED) is 0.482. The molecule has 0 spiro atoms. The molecule has 2 rings (SSSR count). The van der Waals surface area contributed by atoms with E-state index in [2.05, 4.69) is 57.0 Å². The molecular formula is C23H31NO. The van der Waals surface area contributed by atoms with E-state index in [1.54, 1.807) is 0 Å². The first kappa shape index (κ1) is 19.2. The SMILES string of the molecule is CCC(C)COc1ccc(/C=N/c2ccc(CC(C)CC)cc2)cc1. The smallest absolute Gasteiger partial charge is 0.119 e. The second kappa shape index (κ2) is 10.0. The van der Waals surface area contributed by atoms with Crippen LogP contribution in [-0.4, -0.2) is 12.8 Å². The number of nitrogens with zero attached hydrogens (tertiary/aromatic N) is 1. The second-order valence-corrected chi connectivity index (χ2v) is 7.04. The molecule has 0 aromatic heterocycles. The minimum atomic E-state index is 0.588. The lowest BCUT2D eigenvalue weighted by atomic mass is 9.99. The van der Waals surface area contributed by atoms with Gasteiger partial charge in [0.1, 0.15) is 5.75 Å². The highest BCUT2D eigenvalue weighted by atomic mass is 16.5. The largest absolute Gasteiger partial charge is 0.493 e. The lowest BCUT2D eigenvalue weighted by Gasteiger charge is -2.10. The topological polar surface area (TPSA) is 21.6 Å². The molecule has 2 atom stereocenters. The molecule has 0 saturated carbocycles.